The minimum atomic E-state index is 0.104. The number of anilines is 1. The van der Waals surface area contributed by atoms with E-state index >= 15 is 0 Å². The zero-order valence-electron chi connectivity index (χ0n) is 16.0. The fraction of sp³-hybridized carbons (Fsp3) is 0.611. The number of ether oxygens (including phenoxy) is 1. The average Bonchev–Trinajstić information content (AvgIpc) is 3.48. The fourth-order valence-corrected chi connectivity index (χ4v) is 6.88. The van der Waals surface area contributed by atoms with Crippen LogP contribution in [0.3, 0.4) is 0 Å². The van der Waals surface area contributed by atoms with E-state index in [0.29, 0.717) is 38.7 Å². The molecule has 3 aliphatic heterocycles. The maximum Gasteiger partial charge on any atom is 0.249 e. The van der Waals surface area contributed by atoms with E-state index in [9.17, 15) is 4.79 Å². The third-order valence-electron chi connectivity index (χ3n) is 5.99. The second-order valence-corrected chi connectivity index (χ2v) is 9.67. The molecule has 0 bridgehead atoms. The zero-order valence-corrected chi connectivity index (χ0v) is 17.7. The van der Waals surface area contributed by atoms with Crippen molar-refractivity contribution in [3.05, 3.63) is 16.0 Å². The molecule has 2 fully saturated rings. The zero-order chi connectivity index (χ0) is 19.4. The van der Waals surface area contributed by atoms with Gasteiger partial charge >= 0.3 is 0 Å². The summed E-state index contributed by atoms with van der Waals surface area (Å²) in [4.78, 5) is 16.0. The molecule has 154 valence electrons. The molecule has 0 spiro atoms. The van der Waals surface area contributed by atoms with Crippen LogP contribution in [0.15, 0.2) is 5.16 Å². The molecule has 0 saturated carbocycles. The average molecular weight is 434 g/mol. The fourth-order valence-electron chi connectivity index (χ4n) is 4.57. The number of morpholine rings is 1. The van der Waals surface area contributed by atoms with Crippen molar-refractivity contribution in [1.29, 1.82) is 0 Å². The lowest BCUT2D eigenvalue weighted by Gasteiger charge is -2.31. The first-order chi connectivity index (χ1) is 14.3. The smallest absolute Gasteiger partial charge is 0.249 e. The van der Waals surface area contributed by atoms with Gasteiger partial charge in [0.2, 0.25) is 11.9 Å². The van der Waals surface area contributed by atoms with Crippen molar-refractivity contribution >= 4 is 35.0 Å². The van der Waals surface area contributed by atoms with Crippen LogP contribution in [0.4, 0.5) is 5.95 Å². The number of thioether (sulfide) groups is 1. The summed E-state index contributed by atoms with van der Waals surface area (Å²) in [6.07, 6.45) is 4.91. The summed E-state index contributed by atoms with van der Waals surface area (Å²) in [7, 11) is 0. The summed E-state index contributed by atoms with van der Waals surface area (Å²) in [6, 6.07) is 0. The van der Waals surface area contributed by atoms with Crippen LogP contribution in [0.25, 0.3) is 5.00 Å². The predicted molar refractivity (Wildman–Crippen MR) is 110 cm³/mol. The highest BCUT2D eigenvalue weighted by atomic mass is 32.2. The minimum Gasteiger partial charge on any atom is -0.378 e. The predicted octanol–water partition coefficient (Wildman–Crippen LogP) is 1.04. The van der Waals surface area contributed by atoms with Gasteiger partial charge in [0.15, 0.2) is 5.16 Å². The molecule has 0 radical (unpaired) electrons. The number of aryl methyl sites for hydroxylation is 1. The number of amides is 1. The Morgan fingerprint density at radius 3 is 3.00 bits per heavy atom. The Balaban J connectivity index is 1.33. The van der Waals surface area contributed by atoms with Gasteiger partial charge in [-0.3, -0.25) is 15.1 Å². The number of carbonyl (C=O) groups is 1. The van der Waals surface area contributed by atoms with Crippen LogP contribution in [0.1, 0.15) is 35.0 Å². The summed E-state index contributed by atoms with van der Waals surface area (Å²) in [5.74, 6) is 1.30. The van der Waals surface area contributed by atoms with Crippen LogP contribution in [-0.2, 0) is 22.4 Å². The van der Waals surface area contributed by atoms with Gasteiger partial charge in [0.25, 0.3) is 0 Å². The molecular weight excluding hydrogens is 410 g/mol. The second kappa shape index (κ2) is 7.24. The van der Waals surface area contributed by atoms with E-state index in [2.05, 4.69) is 30.5 Å². The second-order valence-electron chi connectivity index (χ2n) is 7.64. The largest absolute Gasteiger partial charge is 0.378 e. The van der Waals surface area contributed by atoms with E-state index in [1.165, 1.54) is 45.6 Å². The number of rotatable bonds is 3. The molecule has 9 nitrogen and oxygen atoms in total. The van der Waals surface area contributed by atoms with Gasteiger partial charge in [-0.25, -0.2) is 9.99 Å². The van der Waals surface area contributed by atoms with E-state index in [1.807, 2.05) is 16.2 Å². The van der Waals surface area contributed by atoms with E-state index in [4.69, 9.17) is 4.74 Å². The number of aromatic nitrogens is 3. The molecule has 2 aromatic rings. The van der Waals surface area contributed by atoms with E-state index in [1.54, 1.807) is 0 Å². The Hall–Kier alpha value is -1.66. The Morgan fingerprint density at radius 2 is 2.10 bits per heavy atom. The van der Waals surface area contributed by atoms with Gasteiger partial charge in [-0.2, -0.15) is 0 Å². The monoisotopic (exact) mass is 433 g/mol. The number of hydrogen-bond donors (Lipinski definition) is 2. The number of nitrogens with zero attached hydrogens (tertiary/aromatic N) is 5. The van der Waals surface area contributed by atoms with E-state index in [-0.39, 0.29) is 12.1 Å². The van der Waals surface area contributed by atoms with Crippen molar-refractivity contribution in [3.8, 4) is 5.00 Å². The summed E-state index contributed by atoms with van der Waals surface area (Å²) < 4.78 is 7.49. The molecule has 1 unspecified atom stereocenters. The molecule has 2 N–H and O–H groups in total. The van der Waals surface area contributed by atoms with Gasteiger partial charge in [-0.05, 0) is 31.2 Å². The van der Waals surface area contributed by atoms with Crippen molar-refractivity contribution < 1.29 is 9.53 Å². The van der Waals surface area contributed by atoms with Gasteiger partial charge in [-0.15, -0.1) is 21.5 Å². The Labute approximate surface area is 176 Å². The Kier molecular flexibility index (Phi) is 4.53. The van der Waals surface area contributed by atoms with Crippen molar-refractivity contribution in [1.82, 2.24) is 30.4 Å². The molecule has 6 rings (SSSR count). The third kappa shape index (κ3) is 2.90. The van der Waals surface area contributed by atoms with Crippen LogP contribution in [0, 0.1) is 0 Å². The number of hydrazine groups is 1. The molecule has 1 atom stereocenters. The number of nitrogens with one attached hydrogen (secondary N) is 2. The van der Waals surface area contributed by atoms with Gasteiger partial charge in [0, 0.05) is 23.5 Å². The van der Waals surface area contributed by atoms with Crippen LogP contribution in [0.5, 0.6) is 0 Å². The molecule has 2 saturated heterocycles. The highest BCUT2D eigenvalue weighted by Gasteiger charge is 2.41. The highest BCUT2D eigenvalue weighted by Crippen LogP contribution is 2.47. The first-order valence-electron chi connectivity index (χ1n) is 10.2. The normalized spacial score (nSPS) is 22.8. The Morgan fingerprint density at radius 1 is 1.24 bits per heavy atom. The van der Waals surface area contributed by atoms with Gasteiger partial charge in [0.1, 0.15) is 11.2 Å². The third-order valence-corrected chi connectivity index (χ3v) is 8.20. The number of fused-ring (bicyclic) bond motifs is 8. The molecule has 11 heteroatoms. The number of hydrogen-bond acceptors (Lipinski definition) is 9. The highest BCUT2D eigenvalue weighted by molar-refractivity contribution is 7.99. The molecule has 2 aromatic heterocycles. The lowest BCUT2D eigenvalue weighted by atomic mass is 9.94. The number of thiophene rings is 1. The quantitative estimate of drug-likeness (QED) is 0.695. The van der Waals surface area contributed by atoms with Crippen molar-refractivity contribution in [2.75, 3.05) is 43.7 Å². The molecule has 5 heterocycles. The van der Waals surface area contributed by atoms with E-state index in [0.717, 1.165) is 23.9 Å². The minimum absolute atomic E-state index is 0.104. The van der Waals surface area contributed by atoms with Crippen LogP contribution in [-0.4, -0.2) is 64.3 Å². The summed E-state index contributed by atoms with van der Waals surface area (Å²) >= 11 is 3.35. The van der Waals surface area contributed by atoms with Crippen LogP contribution >= 0.6 is 23.1 Å². The summed E-state index contributed by atoms with van der Waals surface area (Å²) in [5.41, 5.74) is 6.25. The molecular formula is C18H23N7O2S2. The van der Waals surface area contributed by atoms with Crippen molar-refractivity contribution in [3.63, 3.8) is 0 Å². The maximum absolute atomic E-state index is 12.6. The number of carbonyl (C=O) groups excluding carboxylic acids is 1. The molecule has 4 aliphatic rings. The van der Waals surface area contributed by atoms with Gasteiger partial charge < -0.3 is 9.64 Å². The molecule has 29 heavy (non-hydrogen) atoms. The van der Waals surface area contributed by atoms with Crippen molar-refractivity contribution in [2.24, 2.45) is 0 Å². The van der Waals surface area contributed by atoms with Crippen LogP contribution < -0.4 is 15.8 Å². The first-order valence-corrected chi connectivity index (χ1v) is 12.0. The molecule has 1 aliphatic carbocycles. The lowest BCUT2D eigenvalue weighted by Crippen LogP contribution is -2.41. The van der Waals surface area contributed by atoms with E-state index < -0.39 is 0 Å². The van der Waals surface area contributed by atoms with Crippen molar-refractivity contribution in [2.45, 2.75) is 37.0 Å². The molecule has 1 amide bonds. The summed E-state index contributed by atoms with van der Waals surface area (Å²) in [5, 5.41) is 16.6. The summed E-state index contributed by atoms with van der Waals surface area (Å²) in [6.45, 7) is 3.29. The molecule has 0 aromatic carbocycles. The van der Waals surface area contributed by atoms with Crippen LogP contribution in [0.2, 0.25) is 0 Å². The SMILES string of the molecule is O=C(CSc1nnc2n1-c1sc3c(c1C1NCNN21)CCCC3)N1CCOCC1. The standard InChI is InChI=1S/C18H23N7O2S2/c26-13(23-5-7-27-8-6-23)9-28-18-22-21-17-24(18)16-14(15-19-10-20-25(15)17)11-3-1-2-4-12(11)29-16/h15,19-20H,1-10H2. The van der Waals surface area contributed by atoms with Gasteiger partial charge in [-0.1, -0.05) is 11.8 Å². The Bertz CT molecular complexity index is 952. The maximum atomic E-state index is 12.6. The topological polar surface area (TPSA) is 87.5 Å². The lowest BCUT2D eigenvalue weighted by molar-refractivity contribution is -0.132. The first kappa shape index (κ1) is 18.1. The van der Waals surface area contributed by atoms with Gasteiger partial charge in [0.05, 0.1) is 25.6 Å².